The van der Waals surface area contributed by atoms with Crippen molar-refractivity contribution in [2.24, 2.45) is 0 Å². The molecule has 0 radical (unpaired) electrons. The second-order valence-electron chi connectivity index (χ2n) is 5.01. The minimum Gasteiger partial charge on any atom is -0.497 e. The van der Waals surface area contributed by atoms with Crippen molar-refractivity contribution in [1.82, 2.24) is 4.90 Å². The van der Waals surface area contributed by atoms with Crippen LogP contribution in [0.4, 0.5) is 0 Å². The first-order valence-electron chi connectivity index (χ1n) is 7.24. The lowest BCUT2D eigenvalue weighted by molar-refractivity contribution is 0.0829. The Morgan fingerprint density at radius 2 is 1.71 bits per heavy atom. The molecule has 0 aliphatic heterocycles. The van der Waals surface area contributed by atoms with E-state index in [2.05, 4.69) is 4.90 Å². The molecule has 21 heavy (non-hydrogen) atoms. The summed E-state index contributed by atoms with van der Waals surface area (Å²) < 4.78 is 15.7. The van der Waals surface area contributed by atoms with E-state index >= 15 is 0 Å². The van der Waals surface area contributed by atoms with E-state index in [0.29, 0.717) is 19.7 Å². The van der Waals surface area contributed by atoms with Gasteiger partial charge in [0.05, 0.1) is 26.9 Å². The van der Waals surface area contributed by atoms with Gasteiger partial charge in [-0.3, -0.25) is 4.90 Å². The third-order valence-corrected chi connectivity index (χ3v) is 3.37. The van der Waals surface area contributed by atoms with Crippen molar-refractivity contribution < 1.29 is 19.3 Å². The van der Waals surface area contributed by atoms with Crippen molar-refractivity contribution in [3.05, 3.63) is 23.8 Å². The standard InChI is InChI=1S/C16H27NO4/c1-5-14(18)12-17(6-7-19-2)11-13-8-15(20-3)10-16(9-13)21-4/h8-10,14,18H,5-7,11-12H2,1-4H3/t14-/m0/s1. The van der Waals surface area contributed by atoms with Gasteiger partial charge in [0.25, 0.3) is 0 Å². The van der Waals surface area contributed by atoms with Crippen LogP contribution in [-0.4, -0.2) is 57.1 Å². The molecule has 0 aliphatic carbocycles. The van der Waals surface area contributed by atoms with Crippen molar-refractivity contribution in [3.63, 3.8) is 0 Å². The number of hydrogen-bond donors (Lipinski definition) is 1. The smallest absolute Gasteiger partial charge is 0.122 e. The molecule has 0 unspecified atom stereocenters. The number of hydrogen-bond acceptors (Lipinski definition) is 5. The number of nitrogens with zero attached hydrogens (tertiary/aromatic N) is 1. The van der Waals surface area contributed by atoms with E-state index in [1.165, 1.54) is 0 Å². The highest BCUT2D eigenvalue weighted by Crippen LogP contribution is 2.23. The van der Waals surface area contributed by atoms with Crippen LogP contribution in [0.5, 0.6) is 11.5 Å². The molecule has 1 aromatic carbocycles. The molecule has 0 fully saturated rings. The lowest BCUT2D eigenvalue weighted by Crippen LogP contribution is -2.34. The van der Waals surface area contributed by atoms with Crippen LogP contribution in [0.1, 0.15) is 18.9 Å². The Bertz CT molecular complexity index is 389. The van der Waals surface area contributed by atoms with Crippen LogP contribution in [0.15, 0.2) is 18.2 Å². The van der Waals surface area contributed by atoms with Gasteiger partial charge < -0.3 is 19.3 Å². The molecular weight excluding hydrogens is 270 g/mol. The lowest BCUT2D eigenvalue weighted by atomic mass is 10.1. The minimum absolute atomic E-state index is 0.325. The highest BCUT2D eigenvalue weighted by atomic mass is 16.5. The normalized spacial score (nSPS) is 12.5. The molecule has 1 rings (SSSR count). The van der Waals surface area contributed by atoms with Gasteiger partial charge in [-0.15, -0.1) is 0 Å². The van der Waals surface area contributed by atoms with E-state index in [1.807, 2.05) is 25.1 Å². The van der Waals surface area contributed by atoms with Gasteiger partial charge in [0.2, 0.25) is 0 Å². The first-order valence-corrected chi connectivity index (χ1v) is 7.24. The Labute approximate surface area is 127 Å². The van der Waals surface area contributed by atoms with E-state index in [-0.39, 0.29) is 6.10 Å². The molecule has 0 saturated carbocycles. The number of aliphatic hydroxyl groups is 1. The van der Waals surface area contributed by atoms with Gasteiger partial charge in [-0.25, -0.2) is 0 Å². The van der Waals surface area contributed by atoms with Crippen LogP contribution in [-0.2, 0) is 11.3 Å². The molecule has 0 aromatic heterocycles. The summed E-state index contributed by atoms with van der Waals surface area (Å²) in [5.41, 5.74) is 1.09. The molecule has 0 spiro atoms. The lowest BCUT2D eigenvalue weighted by Gasteiger charge is -2.24. The average molecular weight is 297 g/mol. The summed E-state index contributed by atoms with van der Waals surface area (Å²) in [6.07, 6.45) is 0.416. The van der Waals surface area contributed by atoms with E-state index in [1.54, 1.807) is 21.3 Å². The molecule has 0 amide bonds. The molecule has 1 atom stereocenters. The number of rotatable bonds is 10. The largest absolute Gasteiger partial charge is 0.497 e. The summed E-state index contributed by atoms with van der Waals surface area (Å²) in [7, 11) is 4.97. The Hall–Kier alpha value is -1.30. The second-order valence-corrected chi connectivity index (χ2v) is 5.01. The molecule has 5 nitrogen and oxygen atoms in total. The zero-order valence-corrected chi connectivity index (χ0v) is 13.5. The second kappa shape index (κ2) is 9.60. The maximum Gasteiger partial charge on any atom is 0.122 e. The van der Waals surface area contributed by atoms with Gasteiger partial charge in [0.1, 0.15) is 11.5 Å². The summed E-state index contributed by atoms with van der Waals surface area (Å²) >= 11 is 0. The topological polar surface area (TPSA) is 51.2 Å². The van der Waals surface area contributed by atoms with Crippen LogP contribution in [0, 0.1) is 0 Å². The average Bonchev–Trinajstić information content (AvgIpc) is 2.51. The van der Waals surface area contributed by atoms with Gasteiger partial charge in [0.15, 0.2) is 0 Å². The summed E-state index contributed by atoms with van der Waals surface area (Å²) in [4.78, 5) is 2.17. The minimum atomic E-state index is -0.325. The quantitative estimate of drug-likeness (QED) is 0.715. The maximum absolute atomic E-state index is 9.88. The van der Waals surface area contributed by atoms with Crippen LogP contribution < -0.4 is 9.47 Å². The molecule has 120 valence electrons. The Kier molecular flexibility index (Phi) is 8.12. The van der Waals surface area contributed by atoms with Crippen LogP contribution in [0.3, 0.4) is 0 Å². The molecular formula is C16H27NO4. The predicted octanol–water partition coefficient (Wildman–Crippen LogP) is 1.92. The molecule has 0 bridgehead atoms. The van der Waals surface area contributed by atoms with Crippen molar-refractivity contribution in [3.8, 4) is 11.5 Å². The Balaban J connectivity index is 2.80. The molecule has 0 saturated heterocycles. The fraction of sp³-hybridized carbons (Fsp3) is 0.625. The van der Waals surface area contributed by atoms with E-state index in [0.717, 1.165) is 30.0 Å². The third-order valence-electron chi connectivity index (χ3n) is 3.37. The van der Waals surface area contributed by atoms with Crippen LogP contribution in [0.2, 0.25) is 0 Å². The Morgan fingerprint density at radius 3 is 2.19 bits per heavy atom. The van der Waals surface area contributed by atoms with Crippen molar-refractivity contribution in [2.45, 2.75) is 26.0 Å². The highest BCUT2D eigenvalue weighted by molar-refractivity contribution is 5.38. The molecule has 0 aliphatic rings. The van der Waals surface area contributed by atoms with Gasteiger partial charge >= 0.3 is 0 Å². The maximum atomic E-state index is 9.88. The SMILES string of the molecule is CC[C@H](O)CN(CCOC)Cc1cc(OC)cc(OC)c1. The molecule has 0 heterocycles. The number of benzene rings is 1. The Morgan fingerprint density at radius 1 is 1.10 bits per heavy atom. The van der Waals surface area contributed by atoms with Crippen LogP contribution in [0.25, 0.3) is 0 Å². The summed E-state index contributed by atoms with van der Waals surface area (Å²) in [5.74, 6) is 1.54. The van der Waals surface area contributed by atoms with Crippen molar-refractivity contribution in [2.75, 3.05) is 41.0 Å². The van der Waals surface area contributed by atoms with Crippen molar-refractivity contribution in [1.29, 1.82) is 0 Å². The van der Waals surface area contributed by atoms with Crippen LogP contribution >= 0.6 is 0 Å². The first-order chi connectivity index (χ1) is 10.1. The molecule has 1 aromatic rings. The van der Waals surface area contributed by atoms with E-state index in [4.69, 9.17) is 14.2 Å². The molecule has 1 N–H and O–H groups in total. The zero-order chi connectivity index (χ0) is 15.7. The fourth-order valence-electron chi connectivity index (χ4n) is 2.10. The van der Waals surface area contributed by atoms with E-state index in [9.17, 15) is 5.11 Å². The van der Waals surface area contributed by atoms with E-state index < -0.39 is 0 Å². The zero-order valence-electron chi connectivity index (χ0n) is 13.5. The van der Waals surface area contributed by atoms with Gasteiger partial charge in [-0.2, -0.15) is 0 Å². The van der Waals surface area contributed by atoms with Gasteiger partial charge in [0, 0.05) is 32.8 Å². The monoisotopic (exact) mass is 297 g/mol. The highest BCUT2D eigenvalue weighted by Gasteiger charge is 2.12. The number of aliphatic hydroxyl groups excluding tert-OH is 1. The van der Waals surface area contributed by atoms with Crippen molar-refractivity contribution >= 4 is 0 Å². The van der Waals surface area contributed by atoms with Gasteiger partial charge in [-0.1, -0.05) is 6.92 Å². The third kappa shape index (κ3) is 6.33. The van der Waals surface area contributed by atoms with Gasteiger partial charge in [-0.05, 0) is 24.1 Å². The number of ether oxygens (including phenoxy) is 3. The molecule has 5 heteroatoms. The summed E-state index contributed by atoms with van der Waals surface area (Å²) in [6, 6.07) is 5.82. The predicted molar refractivity (Wildman–Crippen MR) is 83.0 cm³/mol. The first kappa shape index (κ1) is 17.8. The summed E-state index contributed by atoms with van der Waals surface area (Å²) in [6.45, 7) is 4.73. The fourth-order valence-corrected chi connectivity index (χ4v) is 2.10. The number of methoxy groups -OCH3 is 3. The summed E-state index contributed by atoms with van der Waals surface area (Å²) in [5, 5.41) is 9.88.